The summed E-state index contributed by atoms with van der Waals surface area (Å²) in [5, 5.41) is 0. The molecule has 0 aromatic carbocycles. The third-order valence-electron chi connectivity index (χ3n) is 0.111. The maximum absolute atomic E-state index is 4.72. The van der Waals surface area contributed by atoms with Gasteiger partial charge in [-0.15, -0.1) is 0 Å². The quantitative estimate of drug-likeness (QED) is 0.512. The van der Waals surface area contributed by atoms with Gasteiger partial charge >= 0.3 is 0 Å². The van der Waals surface area contributed by atoms with E-state index in [2.05, 4.69) is 0 Å². The van der Waals surface area contributed by atoms with E-state index < -0.39 is 0 Å². The van der Waals surface area contributed by atoms with Crippen LogP contribution in [0.15, 0.2) is 0 Å². The Morgan fingerprint density at radius 3 is 1.20 bits per heavy atom. The average molecular weight is 281 g/mol. The van der Waals surface area contributed by atoms with Crippen LogP contribution in [0.25, 0.3) is 0 Å². The Balaban J connectivity index is 0. The van der Waals surface area contributed by atoms with Crippen molar-refractivity contribution in [1.29, 1.82) is 0 Å². The van der Waals surface area contributed by atoms with Crippen molar-refractivity contribution in [1.82, 2.24) is 0 Å². The van der Waals surface area contributed by atoms with Crippen molar-refractivity contribution in [2.75, 3.05) is 0 Å². The Hall–Kier alpha value is 1.31. The van der Waals surface area contributed by atoms with E-state index in [-0.39, 0.29) is 31.1 Å². The van der Waals surface area contributed by atoms with Crippen molar-refractivity contribution in [2.45, 2.75) is 0 Å². The Morgan fingerprint density at radius 1 is 1.00 bits per heavy atom. The maximum Gasteiger partial charge on any atom is 0 e. The zero-order valence-corrected chi connectivity index (χ0v) is 6.97. The summed E-state index contributed by atoms with van der Waals surface area (Å²) in [7, 11) is 12.0. The van der Waals surface area contributed by atoms with Gasteiger partial charge in [-0.25, -0.2) is 0 Å². The Bertz CT molecular complexity index is 5.61. The molecule has 0 atom stereocenters. The molecule has 0 spiro atoms. The summed E-state index contributed by atoms with van der Waals surface area (Å²) in [6.07, 6.45) is 0. The van der Waals surface area contributed by atoms with Crippen LogP contribution in [0.2, 0.25) is 0 Å². The molecule has 0 unspecified atom stereocenters. The van der Waals surface area contributed by atoms with E-state index in [4.69, 9.17) is 15.5 Å². The molecule has 0 amide bonds. The van der Waals surface area contributed by atoms with Crippen molar-refractivity contribution >= 4 is 29.6 Å². The molecule has 0 saturated heterocycles. The predicted molar refractivity (Wildman–Crippen MR) is 23.0 cm³/mol. The van der Waals surface area contributed by atoms with E-state index in [1.807, 2.05) is 0 Å². The first-order valence-corrected chi connectivity index (χ1v) is 1.00. The zero-order chi connectivity index (χ0) is 3.41. The van der Waals surface area contributed by atoms with Crippen LogP contribution < -0.4 is 0 Å². The predicted octanol–water partition coefficient (Wildman–Crippen LogP) is -1.52. The van der Waals surface area contributed by atoms with Crippen LogP contribution >= 0.6 is 0 Å². The number of hydrogen-bond acceptors (Lipinski definition) is 0. The van der Waals surface area contributed by atoms with Gasteiger partial charge in [-0.05, 0) is 0 Å². The van der Waals surface area contributed by atoms with Gasteiger partial charge in [-0.2, -0.15) is 0 Å². The van der Waals surface area contributed by atoms with E-state index >= 15 is 0 Å². The molecular weight excluding hydrogens is 281 g/mol. The van der Waals surface area contributed by atoms with Crippen LogP contribution in [0.5, 0.6) is 0 Å². The molecule has 16 valence electrons. The van der Waals surface area contributed by atoms with Gasteiger partial charge in [0.15, 0.2) is 0 Å². The molecule has 0 aliphatic rings. The summed E-state index contributed by atoms with van der Waals surface area (Å²) < 4.78 is 0. The molecule has 0 rings (SSSR count). The molecule has 0 nitrogen and oxygen atoms in total. The summed E-state index contributed by atoms with van der Waals surface area (Å²) >= 11 is 0. The molecule has 6 radical (unpaired) electrons. The molecule has 0 aliphatic heterocycles. The summed E-state index contributed by atoms with van der Waals surface area (Å²) in [6.45, 7) is 0. The molecule has 0 N–H and O–H groups in total. The number of hydrogen-bond donors (Lipinski definition) is 0. The molecule has 0 aliphatic carbocycles. The fraction of sp³-hybridized carbons (Fsp3) is 0. The van der Waals surface area contributed by atoms with Gasteiger partial charge in [0.1, 0.15) is 0 Å². The molecule has 0 bridgehead atoms. The summed E-state index contributed by atoms with van der Waals surface area (Å²) in [4.78, 5) is 0. The van der Waals surface area contributed by atoms with E-state index in [1.165, 1.54) is 14.1 Å². The summed E-state index contributed by atoms with van der Waals surface area (Å²) in [5.74, 6) is 0. The van der Waals surface area contributed by atoms with Crippen molar-refractivity contribution in [3.63, 3.8) is 0 Å². The molecule has 0 fully saturated rings. The van der Waals surface area contributed by atoms with Gasteiger partial charge < -0.3 is 0 Å². The summed E-state index contributed by atoms with van der Waals surface area (Å²) in [6, 6.07) is 0. The van der Waals surface area contributed by atoms with Crippen molar-refractivity contribution in [2.24, 2.45) is 0 Å². The Morgan fingerprint density at radius 2 is 1.20 bits per heavy atom. The van der Waals surface area contributed by atoms with E-state index in [0.717, 1.165) is 0 Å². The molecule has 5 heteroatoms. The largest absolute Gasteiger partial charge is 0 e. The van der Waals surface area contributed by atoms with Crippen LogP contribution in [0.4, 0.5) is 0 Å². The van der Waals surface area contributed by atoms with E-state index in [9.17, 15) is 0 Å². The standard InChI is InChI=1S/B4.U/c1-3-4-2;. The minimum Gasteiger partial charge on any atom is 0 e. The van der Waals surface area contributed by atoms with Crippen LogP contribution in [0.3, 0.4) is 0 Å². The molecular formula is B4U. The zero-order valence-electron chi connectivity index (χ0n) is 2.81. The topological polar surface area (TPSA) is 0 Å². The molecule has 0 aromatic heterocycles. The van der Waals surface area contributed by atoms with Gasteiger partial charge in [-0.1, -0.05) is 0 Å². The second kappa shape index (κ2) is 9.00. The Labute approximate surface area is 60.5 Å². The second-order valence-electron chi connectivity index (χ2n) is 0.385. The average Bonchev–Trinajstić information content (AvgIpc) is 1.37. The first kappa shape index (κ1) is 9.58. The normalized spacial score (nSPS) is 4.00. The first-order valence-electron chi connectivity index (χ1n) is 1.00. The van der Waals surface area contributed by atoms with Gasteiger partial charge in [0.25, 0.3) is 0 Å². The van der Waals surface area contributed by atoms with Crippen LogP contribution in [-0.2, 0) is 0 Å². The maximum atomic E-state index is 4.72. The van der Waals surface area contributed by atoms with Gasteiger partial charge in [0.05, 0.1) is 0 Å². The van der Waals surface area contributed by atoms with Gasteiger partial charge in [-0.3, -0.25) is 0 Å². The minimum atomic E-state index is 0. The van der Waals surface area contributed by atoms with Crippen LogP contribution in [0, 0.1) is 31.1 Å². The third-order valence-corrected chi connectivity index (χ3v) is 0.111. The molecule has 0 saturated carbocycles. The third kappa shape index (κ3) is 10.9. The van der Waals surface area contributed by atoms with Crippen LogP contribution in [0.1, 0.15) is 0 Å². The van der Waals surface area contributed by atoms with Crippen molar-refractivity contribution in [3.05, 3.63) is 0 Å². The first-order chi connectivity index (χ1) is 1.91. The molecule has 0 aromatic rings. The fourth-order valence-electron chi connectivity index (χ4n) is 0. The van der Waals surface area contributed by atoms with Crippen molar-refractivity contribution < 1.29 is 31.1 Å². The smallest absolute Gasteiger partial charge is 0 e. The second-order valence-corrected chi connectivity index (χ2v) is 0.385. The summed E-state index contributed by atoms with van der Waals surface area (Å²) in [5.41, 5.74) is 0. The number of rotatable bonds is 1. The van der Waals surface area contributed by atoms with E-state index in [1.54, 1.807) is 0 Å². The van der Waals surface area contributed by atoms with Gasteiger partial charge in [0, 0.05) is 60.7 Å². The molecule has 0 heterocycles. The molecule has 5 heavy (non-hydrogen) atoms. The Kier molecular flexibility index (Phi) is 17.2. The van der Waals surface area contributed by atoms with E-state index in [0.29, 0.717) is 0 Å². The minimum absolute atomic E-state index is 0. The van der Waals surface area contributed by atoms with Crippen molar-refractivity contribution in [3.8, 4) is 0 Å². The van der Waals surface area contributed by atoms with Gasteiger partial charge in [0.2, 0.25) is 0 Å². The SMILES string of the molecule is [B][B][B][B].[U]. The monoisotopic (exact) mass is 282 g/mol. The fourth-order valence-corrected chi connectivity index (χ4v) is 0. The van der Waals surface area contributed by atoms with Crippen LogP contribution in [-0.4, -0.2) is 29.6 Å².